The maximum absolute atomic E-state index is 5.84. The maximum atomic E-state index is 5.84. The van der Waals surface area contributed by atoms with E-state index < -0.39 is 0 Å². The molecule has 0 amide bonds. The summed E-state index contributed by atoms with van der Waals surface area (Å²) in [7, 11) is 0. The van der Waals surface area contributed by atoms with Gasteiger partial charge in [0.05, 0.1) is 0 Å². The van der Waals surface area contributed by atoms with Gasteiger partial charge in [0, 0.05) is 25.5 Å². The molecule has 3 rings (SSSR count). The Kier molecular flexibility index (Phi) is 2.48. The Hall–Kier alpha value is -1.69. The van der Waals surface area contributed by atoms with Crippen molar-refractivity contribution in [1.29, 1.82) is 0 Å². The number of aromatic nitrogens is 4. The van der Waals surface area contributed by atoms with Gasteiger partial charge in [0.2, 0.25) is 5.65 Å². The first-order chi connectivity index (χ1) is 8.63. The van der Waals surface area contributed by atoms with E-state index in [-0.39, 0.29) is 5.41 Å². The normalized spacial score (nSPS) is 24.1. The quantitative estimate of drug-likeness (QED) is 0.840. The van der Waals surface area contributed by atoms with Gasteiger partial charge < -0.3 is 10.6 Å². The largest absolute Gasteiger partial charge is 0.353 e. The predicted octanol–water partition coefficient (Wildman–Crippen LogP) is 0.608. The highest BCUT2D eigenvalue weighted by molar-refractivity contribution is 5.64. The molecule has 96 valence electrons. The van der Waals surface area contributed by atoms with Crippen molar-refractivity contribution in [3.05, 3.63) is 18.2 Å². The number of nitrogens with zero attached hydrogens (tertiary/aromatic N) is 5. The lowest BCUT2D eigenvalue weighted by atomic mass is 9.90. The molecule has 0 aliphatic carbocycles. The molecule has 6 heteroatoms. The first-order valence-corrected chi connectivity index (χ1v) is 6.24. The molecule has 2 N–H and O–H groups in total. The van der Waals surface area contributed by atoms with Crippen molar-refractivity contribution in [2.75, 3.05) is 24.5 Å². The smallest absolute Gasteiger partial charge is 0.203 e. The van der Waals surface area contributed by atoms with E-state index in [0.717, 1.165) is 36.8 Å². The van der Waals surface area contributed by atoms with E-state index in [2.05, 4.69) is 27.0 Å². The third-order valence-electron chi connectivity index (χ3n) is 3.83. The Morgan fingerprint density at radius 3 is 3.00 bits per heavy atom. The van der Waals surface area contributed by atoms with Crippen LogP contribution in [0.2, 0.25) is 0 Å². The molecule has 0 spiro atoms. The minimum absolute atomic E-state index is 0.184. The fourth-order valence-electron chi connectivity index (χ4n) is 2.52. The van der Waals surface area contributed by atoms with Crippen molar-refractivity contribution < 1.29 is 0 Å². The van der Waals surface area contributed by atoms with Crippen LogP contribution >= 0.6 is 0 Å². The van der Waals surface area contributed by atoms with Gasteiger partial charge in [-0.3, -0.25) is 4.40 Å². The van der Waals surface area contributed by atoms with Gasteiger partial charge in [-0.2, -0.15) is 0 Å². The summed E-state index contributed by atoms with van der Waals surface area (Å²) < 4.78 is 1.97. The van der Waals surface area contributed by atoms with Crippen LogP contribution in [-0.2, 0) is 0 Å². The van der Waals surface area contributed by atoms with Crippen LogP contribution in [0.25, 0.3) is 5.65 Å². The average Bonchev–Trinajstić information content (AvgIpc) is 2.95. The fourth-order valence-corrected chi connectivity index (χ4v) is 2.52. The lowest BCUT2D eigenvalue weighted by Crippen LogP contribution is -2.31. The Bertz CT molecular complexity index is 577. The SMILES string of the molecule is Cc1nnc2c(N3CCC(C)(CN)C3)nccn12. The van der Waals surface area contributed by atoms with Crippen LogP contribution in [0, 0.1) is 12.3 Å². The highest BCUT2D eigenvalue weighted by atomic mass is 15.3. The number of aryl methyl sites for hydroxylation is 1. The number of rotatable bonds is 2. The maximum Gasteiger partial charge on any atom is 0.203 e. The Morgan fingerprint density at radius 1 is 1.44 bits per heavy atom. The first-order valence-electron chi connectivity index (χ1n) is 6.24. The second kappa shape index (κ2) is 3.91. The standard InChI is InChI=1S/C12H18N6/c1-9-15-16-11-10(14-4-6-18(9)11)17-5-3-12(2,7-13)8-17/h4,6H,3,5,7-8,13H2,1-2H3. The second-order valence-corrected chi connectivity index (χ2v) is 5.38. The van der Waals surface area contributed by atoms with E-state index in [1.807, 2.05) is 17.5 Å². The van der Waals surface area contributed by atoms with Crippen LogP contribution in [0.5, 0.6) is 0 Å². The fraction of sp³-hybridized carbons (Fsp3) is 0.583. The summed E-state index contributed by atoms with van der Waals surface area (Å²) in [6, 6.07) is 0. The summed E-state index contributed by atoms with van der Waals surface area (Å²) in [5, 5.41) is 8.32. The molecule has 1 aliphatic heterocycles. The number of hydrogen-bond donors (Lipinski definition) is 1. The number of anilines is 1. The molecule has 1 saturated heterocycles. The minimum Gasteiger partial charge on any atom is -0.353 e. The summed E-state index contributed by atoms with van der Waals surface area (Å²) in [6.07, 6.45) is 4.79. The third-order valence-corrected chi connectivity index (χ3v) is 3.83. The summed E-state index contributed by atoms with van der Waals surface area (Å²) >= 11 is 0. The van der Waals surface area contributed by atoms with Crippen molar-refractivity contribution in [3.8, 4) is 0 Å². The van der Waals surface area contributed by atoms with Gasteiger partial charge in [0.25, 0.3) is 0 Å². The monoisotopic (exact) mass is 246 g/mol. The van der Waals surface area contributed by atoms with Gasteiger partial charge in [-0.05, 0) is 25.3 Å². The minimum atomic E-state index is 0.184. The number of nitrogens with two attached hydrogens (primary N) is 1. The molecule has 0 radical (unpaired) electrons. The molecule has 1 atom stereocenters. The van der Waals surface area contributed by atoms with E-state index in [9.17, 15) is 0 Å². The van der Waals surface area contributed by atoms with Gasteiger partial charge in [-0.15, -0.1) is 10.2 Å². The highest BCUT2D eigenvalue weighted by Crippen LogP contribution is 2.32. The molecule has 6 nitrogen and oxygen atoms in total. The molecule has 3 heterocycles. The van der Waals surface area contributed by atoms with Crippen LogP contribution in [0.15, 0.2) is 12.4 Å². The Labute approximate surface area is 106 Å². The van der Waals surface area contributed by atoms with Crippen molar-refractivity contribution >= 4 is 11.5 Å². The van der Waals surface area contributed by atoms with Crippen molar-refractivity contribution in [1.82, 2.24) is 19.6 Å². The molecule has 1 aliphatic rings. The molecular weight excluding hydrogens is 228 g/mol. The van der Waals surface area contributed by atoms with Gasteiger partial charge >= 0.3 is 0 Å². The molecule has 1 fully saturated rings. The summed E-state index contributed by atoms with van der Waals surface area (Å²) in [5.41, 5.74) is 6.86. The van der Waals surface area contributed by atoms with Crippen molar-refractivity contribution in [3.63, 3.8) is 0 Å². The van der Waals surface area contributed by atoms with E-state index in [1.165, 1.54) is 0 Å². The molecule has 2 aromatic heterocycles. The van der Waals surface area contributed by atoms with E-state index in [1.54, 1.807) is 6.20 Å². The van der Waals surface area contributed by atoms with Crippen LogP contribution < -0.4 is 10.6 Å². The molecule has 0 saturated carbocycles. The van der Waals surface area contributed by atoms with Crippen molar-refractivity contribution in [2.45, 2.75) is 20.3 Å². The van der Waals surface area contributed by atoms with Crippen LogP contribution in [-0.4, -0.2) is 39.2 Å². The van der Waals surface area contributed by atoms with E-state index in [0.29, 0.717) is 6.54 Å². The topological polar surface area (TPSA) is 72.3 Å². The van der Waals surface area contributed by atoms with Crippen LogP contribution in [0.3, 0.4) is 0 Å². The molecule has 1 unspecified atom stereocenters. The third kappa shape index (κ3) is 1.64. The van der Waals surface area contributed by atoms with Crippen LogP contribution in [0.1, 0.15) is 19.2 Å². The second-order valence-electron chi connectivity index (χ2n) is 5.38. The zero-order valence-corrected chi connectivity index (χ0v) is 10.8. The summed E-state index contributed by atoms with van der Waals surface area (Å²) in [5.74, 6) is 1.80. The van der Waals surface area contributed by atoms with E-state index >= 15 is 0 Å². The zero-order valence-electron chi connectivity index (χ0n) is 10.8. The summed E-state index contributed by atoms with van der Waals surface area (Å²) in [4.78, 5) is 6.72. The molecule has 2 aromatic rings. The Balaban J connectivity index is 2.01. The van der Waals surface area contributed by atoms with E-state index in [4.69, 9.17) is 5.73 Å². The van der Waals surface area contributed by atoms with Gasteiger partial charge in [-0.25, -0.2) is 4.98 Å². The predicted molar refractivity (Wildman–Crippen MR) is 69.5 cm³/mol. The average molecular weight is 246 g/mol. The Morgan fingerprint density at radius 2 is 2.28 bits per heavy atom. The molecule has 0 bridgehead atoms. The first kappa shape index (κ1) is 11.4. The number of hydrogen-bond acceptors (Lipinski definition) is 5. The highest BCUT2D eigenvalue weighted by Gasteiger charge is 2.34. The lowest BCUT2D eigenvalue weighted by Gasteiger charge is -2.23. The zero-order chi connectivity index (χ0) is 12.8. The summed E-state index contributed by atoms with van der Waals surface area (Å²) in [6.45, 7) is 6.78. The van der Waals surface area contributed by atoms with Gasteiger partial charge in [0.1, 0.15) is 5.82 Å². The molecular formula is C12H18N6. The molecule has 18 heavy (non-hydrogen) atoms. The van der Waals surface area contributed by atoms with Gasteiger partial charge in [0.15, 0.2) is 5.82 Å². The van der Waals surface area contributed by atoms with Crippen molar-refractivity contribution in [2.24, 2.45) is 11.1 Å². The van der Waals surface area contributed by atoms with Gasteiger partial charge in [-0.1, -0.05) is 6.92 Å². The lowest BCUT2D eigenvalue weighted by molar-refractivity contribution is 0.383. The van der Waals surface area contributed by atoms with Crippen LogP contribution in [0.4, 0.5) is 5.82 Å². The number of fused-ring (bicyclic) bond motifs is 1. The molecule has 0 aromatic carbocycles.